The lowest BCUT2D eigenvalue weighted by Gasteiger charge is -2.68. The Labute approximate surface area is 564 Å². The standard InChI is InChI=1S/C35H42BClO8.C27H29BClNO4.C12H18O3/c1-32(2)33(3,4)43-36(42-32)27-11-7-21(8-12-27)20-41-31-24(10-14-29(38)39-5)9-13-28(30(31)37)35(40-6)34(44-45-35)25-16-22-15-23(18-25)19-26(34)17-22;1-19-6-10-22(11-7-20-14-16-30(31)17-15-20)25(24(19)29)32-18-21-8-12-23(13-9-21)28-33-26(2,3)27(4,5)34-28;1-13-11-12(15-14-11)9-3-7-2-8(5-9)6-10(12)4-7/h7-14,22-23,25-26H,15-20H2,1-6H3;6-17H,18H2,1-5H3;7-11H,2-6H2,1H3/b14-10+;11-7+;. The van der Waals surface area contributed by atoms with Gasteiger partial charge in [-0.25, -0.2) is 19.5 Å². The van der Waals surface area contributed by atoms with Crippen LogP contribution in [0.25, 0.3) is 18.2 Å². The van der Waals surface area contributed by atoms with E-state index < -0.39 is 42.8 Å². The van der Waals surface area contributed by atoms with Crippen LogP contribution in [0.2, 0.25) is 10.0 Å². The van der Waals surface area contributed by atoms with Gasteiger partial charge in [-0.2, -0.15) is 9.62 Å². The van der Waals surface area contributed by atoms with Crippen molar-refractivity contribution in [2.75, 3.05) is 21.3 Å². The summed E-state index contributed by atoms with van der Waals surface area (Å²) in [6.45, 7) is 18.9. The summed E-state index contributed by atoms with van der Waals surface area (Å²) >= 11 is 13.8. The molecule has 0 N–H and O–H groups in total. The molecule has 2 unspecified atom stereocenters. The number of ether oxygens (including phenoxy) is 5. The number of pyridine rings is 1. The van der Waals surface area contributed by atoms with Crippen LogP contribution in [0.5, 0.6) is 11.5 Å². The Morgan fingerprint density at radius 3 is 1.45 bits per heavy atom. The molecule has 94 heavy (non-hydrogen) atoms. The summed E-state index contributed by atoms with van der Waals surface area (Å²) in [5.41, 5.74) is 5.64. The monoisotopic (exact) mass is 1320 g/mol. The third-order valence-corrected chi connectivity index (χ3v) is 24.0. The molecule has 16 nitrogen and oxygen atoms in total. The largest absolute Gasteiger partial charge is 0.619 e. The van der Waals surface area contributed by atoms with Gasteiger partial charge in [0.05, 0.1) is 39.6 Å². The zero-order chi connectivity index (χ0) is 66.3. The molecule has 8 bridgehead atoms. The molecule has 1 aromatic heterocycles. The predicted octanol–water partition coefficient (Wildman–Crippen LogP) is 13.8. The third kappa shape index (κ3) is 12.1. The van der Waals surface area contributed by atoms with Gasteiger partial charge < -0.3 is 47.5 Å². The topological polar surface area (TPSA) is 164 Å². The summed E-state index contributed by atoms with van der Waals surface area (Å²) in [5, 5.41) is 12.2. The number of carbonyl (C=O) groups excluding carboxylic acids is 1. The first-order valence-corrected chi connectivity index (χ1v) is 34.3. The summed E-state index contributed by atoms with van der Waals surface area (Å²) < 4.78 is 54.6. The Kier molecular flexibility index (Phi) is 18.5. The molecule has 500 valence electrons. The second-order valence-electron chi connectivity index (χ2n) is 29.9. The number of halogens is 2. The number of hydrogen-bond acceptors (Lipinski definition) is 15. The van der Waals surface area contributed by atoms with Crippen molar-refractivity contribution in [1.82, 2.24) is 0 Å². The lowest BCUT2D eigenvalue weighted by atomic mass is 9.47. The number of nitrogens with zero attached hydrogens (tertiary/aromatic N) is 1. The molecule has 5 aromatic rings. The zero-order valence-corrected chi connectivity index (χ0v) is 57.7. The molecule has 12 fully saturated rings. The van der Waals surface area contributed by atoms with Crippen LogP contribution in [0.3, 0.4) is 0 Å². The number of hydrogen-bond donors (Lipinski definition) is 0. The fraction of sp³-hybridized carbons (Fsp3) is 0.541. The van der Waals surface area contributed by atoms with Crippen LogP contribution in [-0.2, 0) is 76.2 Å². The van der Waals surface area contributed by atoms with Gasteiger partial charge in [0, 0.05) is 49.1 Å². The molecule has 4 aliphatic heterocycles. The van der Waals surface area contributed by atoms with E-state index in [1.807, 2.05) is 147 Å². The molecule has 2 atom stereocenters. The van der Waals surface area contributed by atoms with Gasteiger partial charge in [0.25, 0.3) is 5.79 Å². The first-order chi connectivity index (χ1) is 44.8. The van der Waals surface area contributed by atoms with E-state index in [1.54, 1.807) is 32.4 Å². The van der Waals surface area contributed by atoms with Crippen LogP contribution in [0.1, 0.15) is 159 Å². The highest BCUT2D eigenvalue weighted by molar-refractivity contribution is 6.62. The van der Waals surface area contributed by atoms with Gasteiger partial charge in [-0.3, -0.25) is 0 Å². The molecule has 2 spiro atoms. The third-order valence-electron chi connectivity index (χ3n) is 23.2. The molecule has 8 saturated carbocycles. The van der Waals surface area contributed by atoms with E-state index >= 15 is 0 Å². The maximum absolute atomic E-state index is 12.0. The van der Waals surface area contributed by atoms with Crippen LogP contribution >= 0.6 is 23.2 Å². The van der Waals surface area contributed by atoms with Gasteiger partial charge in [-0.1, -0.05) is 108 Å². The Morgan fingerprint density at radius 1 is 0.564 bits per heavy atom. The van der Waals surface area contributed by atoms with E-state index in [4.69, 9.17) is 85.1 Å². The average Bonchev–Trinajstić information content (AvgIpc) is 0.746. The second kappa shape index (κ2) is 25.8. The van der Waals surface area contributed by atoms with Gasteiger partial charge in [0.2, 0.25) is 6.29 Å². The number of benzene rings is 4. The molecule has 4 saturated heterocycles. The SMILES string of the molecule is COC(=O)/C=C/c1ccc(C2(OC)OOC23C2CC4CC(C2)CC3C4)c(Cl)c1OCc1ccc(B2OC(C)(C)C(C)(C)O2)cc1.COC1OOC12C1CC3CC(C1)CC2C3.Cc1ccc(/C=C/c2cc[n+]([O-])cc2)c(OCc2ccc(B3OC(C)(C)C(C)(C)O3)cc2)c1Cl. The molecule has 12 aliphatic rings. The minimum Gasteiger partial charge on any atom is -0.619 e. The van der Waals surface area contributed by atoms with Gasteiger partial charge in [0.15, 0.2) is 23.6 Å². The van der Waals surface area contributed by atoms with E-state index in [0.29, 0.717) is 62.9 Å². The highest BCUT2D eigenvalue weighted by Crippen LogP contribution is 2.70. The lowest BCUT2D eigenvalue weighted by Crippen LogP contribution is -2.76. The number of rotatable bonds is 15. The fourth-order valence-corrected chi connectivity index (χ4v) is 17.6. The first kappa shape index (κ1) is 67.3. The molecule has 0 amide bonds. The number of esters is 1. The highest BCUT2D eigenvalue weighted by Gasteiger charge is 2.77. The Morgan fingerprint density at radius 2 is 1.02 bits per heavy atom. The number of aromatic nitrogens is 1. The van der Waals surface area contributed by atoms with Crippen LogP contribution < -0.4 is 25.1 Å². The zero-order valence-electron chi connectivity index (χ0n) is 56.2. The summed E-state index contributed by atoms with van der Waals surface area (Å²) in [7, 11) is 3.91. The average molecular weight is 1330 g/mol. The van der Waals surface area contributed by atoms with Gasteiger partial charge in [-0.05, 0) is 213 Å². The molecule has 17 rings (SSSR count). The van der Waals surface area contributed by atoms with Gasteiger partial charge >= 0.3 is 20.2 Å². The van der Waals surface area contributed by atoms with Crippen LogP contribution in [0.4, 0.5) is 0 Å². The molecular formula is C74H89B2Cl2NO15. The van der Waals surface area contributed by atoms with E-state index in [1.165, 1.54) is 64.1 Å². The summed E-state index contributed by atoms with van der Waals surface area (Å²) in [5.74, 6) is 4.93. The summed E-state index contributed by atoms with van der Waals surface area (Å²) in [4.78, 5) is 34.9. The van der Waals surface area contributed by atoms with E-state index in [0.717, 1.165) is 92.8 Å². The lowest BCUT2D eigenvalue weighted by molar-refractivity contribution is -0.645. The summed E-state index contributed by atoms with van der Waals surface area (Å²) in [6.07, 6.45) is 22.3. The number of carbonyl (C=O) groups is 1. The Bertz CT molecular complexity index is 3560. The minimum absolute atomic E-state index is 0.0534. The van der Waals surface area contributed by atoms with Gasteiger partial charge in [0.1, 0.15) is 24.7 Å². The van der Waals surface area contributed by atoms with Crippen molar-refractivity contribution in [2.24, 2.45) is 47.3 Å². The van der Waals surface area contributed by atoms with E-state index in [9.17, 15) is 10.0 Å². The molecular weight excluding hydrogens is 1240 g/mol. The van der Waals surface area contributed by atoms with Crippen LogP contribution in [0.15, 0.2) is 103 Å². The molecule has 0 radical (unpaired) electrons. The normalized spacial score (nSPS) is 32.1. The van der Waals surface area contributed by atoms with Crippen molar-refractivity contribution >= 4 is 72.6 Å². The molecule has 4 aromatic carbocycles. The van der Waals surface area contributed by atoms with E-state index in [2.05, 4.69) is 0 Å². The predicted molar refractivity (Wildman–Crippen MR) is 359 cm³/mol. The number of aryl methyl sites for hydroxylation is 1. The van der Waals surface area contributed by atoms with E-state index in [-0.39, 0.29) is 29.7 Å². The van der Waals surface area contributed by atoms with Crippen molar-refractivity contribution in [3.05, 3.63) is 158 Å². The van der Waals surface area contributed by atoms with Crippen molar-refractivity contribution in [3.63, 3.8) is 0 Å². The van der Waals surface area contributed by atoms with Crippen LogP contribution in [0, 0.1) is 59.5 Å². The minimum atomic E-state index is -1.15. The van der Waals surface area contributed by atoms with Crippen LogP contribution in [-0.4, -0.2) is 81.4 Å². The molecule has 20 heteroatoms. The molecule has 5 heterocycles. The van der Waals surface area contributed by atoms with Gasteiger partial charge in [-0.15, -0.1) is 0 Å². The molecule has 8 aliphatic carbocycles. The number of methoxy groups -OCH3 is 3. The fourth-order valence-electron chi connectivity index (χ4n) is 17.0. The van der Waals surface area contributed by atoms with Crippen molar-refractivity contribution in [3.8, 4) is 11.5 Å². The summed E-state index contributed by atoms with van der Waals surface area (Å²) in [6, 6.07) is 27.2. The quantitative estimate of drug-likeness (QED) is 0.0243. The van der Waals surface area contributed by atoms with Crippen molar-refractivity contribution in [2.45, 2.75) is 185 Å². The first-order valence-electron chi connectivity index (χ1n) is 33.5. The Hall–Kier alpha value is -5.31. The maximum Gasteiger partial charge on any atom is 0.494 e. The highest BCUT2D eigenvalue weighted by atomic mass is 35.5. The van der Waals surface area contributed by atoms with Crippen molar-refractivity contribution < 1.29 is 71.4 Å². The maximum atomic E-state index is 12.0. The van der Waals surface area contributed by atoms with Crippen molar-refractivity contribution in [1.29, 1.82) is 0 Å². The Balaban J connectivity index is 0.000000143. The smallest absolute Gasteiger partial charge is 0.494 e. The second-order valence-corrected chi connectivity index (χ2v) is 30.6.